The van der Waals surface area contributed by atoms with Crippen LogP contribution in [0.4, 0.5) is 0 Å². The second-order valence-electron chi connectivity index (χ2n) is 8.89. The van der Waals surface area contributed by atoms with Crippen LogP contribution in [0.5, 0.6) is 0 Å². The Kier molecular flexibility index (Phi) is 7.42. The quantitative estimate of drug-likeness (QED) is 0.563. The molecule has 0 unspecified atom stereocenters. The zero-order valence-corrected chi connectivity index (χ0v) is 20.0. The summed E-state index contributed by atoms with van der Waals surface area (Å²) in [6.07, 6.45) is 15.5. The fourth-order valence-electron chi connectivity index (χ4n) is 3.80. The number of nitrogens with zero attached hydrogens (tertiary/aromatic N) is 5. The summed E-state index contributed by atoms with van der Waals surface area (Å²) in [6.45, 7) is 9.22. The number of allylic oxidation sites excluding steroid dienone is 1. The van der Waals surface area contributed by atoms with E-state index in [-0.39, 0.29) is 12.5 Å². The van der Waals surface area contributed by atoms with Crippen LogP contribution in [0.1, 0.15) is 58.4 Å². The first-order valence-electron chi connectivity index (χ1n) is 12.2. The van der Waals surface area contributed by atoms with Crippen LogP contribution < -0.4 is 5.32 Å². The van der Waals surface area contributed by atoms with Gasteiger partial charge in [-0.1, -0.05) is 32.8 Å². The second kappa shape index (κ2) is 10.6. The van der Waals surface area contributed by atoms with Crippen LogP contribution in [0.25, 0.3) is 28.1 Å². The minimum atomic E-state index is 0.142. The molecule has 1 aliphatic carbocycles. The summed E-state index contributed by atoms with van der Waals surface area (Å²) in [6, 6.07) is 0. The number of fused-ring (bicyclic) bond motifs is 1. The molecule has 0 radical (unpaired) electrons. The molecular formula is C25H35N7O. The normalized spacial score (nSPS) is 16.1. The van der Waals surface area contributed by atoms with Gasteiger partial charge in [0.05, 0.1) is 24.6 Å². The van der Waals surface area contributed by atoms with Crippen LogP contribution in [0.2, 0.25) is 0 Å². The van der Waals surface area contributed by atoms with Gasteiger partial charge in [-0.25, -0.2) is 9.97 Å². The lowest BCUT2D eigenvalue weighted by Crippen LogP contribution is -2.35. The van der Waals surface area contributed by atoms with E-state index in [0.717, 1.165) is 78.5 Å². The number of hydrogen-bond donors (Lipinski definition) is 2. The molecule has 4 heterocycles. The molecule has 0 bridgehead atoms. The predicted octanol–water partition coefficient (Wildman–Crippen LogP) is 4.22. The Bertz CT molecular complexity index is 1100. The first-order chi connectivity index (χ1) is 16.1. The highest BCUT2D eigenvalue weighted by molar-refractivity contribution is 5.89. The number of H-pyrrole nitrogens is 1. The number of nitrogens with one attached hydrogen (secondary N) is 2. The lowest BCUT2D eigenvalue weighted by atomic mass is 10.2. The summed E-state index contributed by atoms with van der Waals surface area (Å²) in [4.78, 5) is 26.9. The summed E-state index contributed by atoms with van der Waals surface area (Å²) >= 11 is 0. The Morgan fingerprint density at radius 3 is 2.64 bits per heavy atom. The minimum absolute atomic E-state index is 0.142. The maximum absolute atomic E-state index is 12.4. The molecule has 0 atom stereocenters. The zero-order valence-electron chi connectivity index (χ0n) is 20.0. The molecule has 3 aromatic rings. The van der Waals surface area contributed by atoms with Crippen molar-refractivity contribution in [3.63, 3.8) is 0 Å². The Morgan fingerprint density at radius 2 is 2.00 bits per heavy atom. The highest BCUT2D eigenvalue weighted by Gasteiger charge is 2.19. The van der Waals surface area contributed by atoms with E-state index >= 15 is 0 Å². The lowest BCUT2D eigenvalue weighted by Gasteiger charge is -2.17. The Labute approximate surface area is 195 Å². The van der Waals surface area contributed by atoms with Gasteiger partial charge in [0, 0.05) is 48.9 Å². The SMILES string of the molecule is CC/C=C(/NCC(=O)N1CCCC1)c1c[nH]c2ncc(-c3cnn(CC)c3)nc12.CC1CC1. The number of carbonyl (C=O) groups is 1. The van der Waals surface area contributed by atoms with Crippen molar-refractivity contribution >= 4 is 22.8 Å². The molecular weight excluding hydrogens is 414 g/mol. The Hall–Kier alpha value is -3.16. The van der Waals surface area contributed by atoms with Gasteiger partial charge in [0.15, 0.2) is 5.65 Å². The predicted molar refractivity (Wildman–Crippen MR) is 131 cm³/mol. The van der Waals surface area contributed by atoms with Gasteiger partial charge < -0.3 is 15.2 Å². The van der Waals surface area contributed by atoms with Crippen molar-refractivity contribution in [2.24, 2.45) is 5.92 Å². The molecule has 8 heteroatoms. The van der Waals surface area contributed by atoms with Gasteiger partial charge in [-0.2, -0.15) is 5.10 Å². The fraction of sp³-hybridized carbons (Fsp3) is 0.520. The van der Waals surface area contributed by atoms with E-state index in [2.05, 4.69) is 40.3 Å². The average Bonchev–Trinajstić information content (AvgIpc) is 3.29. The monoisotopic (exact) mass is 449 g/mol. The van der Waals surface area contributed by atoms with Gasteiger partial charge >= 0.3 is 0 Å². The molecule has 5 rings (SSSR count). The largest absolute Gasteiger partial charge is 0.376 e. The molecule has 1 aliphatic heterocycles. The minimum Gasteiger partial charge on any atom is -0.376 e. The molecule has 2 fully saturated rings. The van der Waals surface area contributed by atoms with E-state index in [1.54, 1.807) is 12.4 Å². The number of likely N-dealkylation sites (tertiary alicyclic amines) is 1. The molecule has 2 aliphatic rings. The van der Waals surface area contributed by atoms with E-state index in [0.29, 0.717) is 0 Å². The number of aromatic amines is 1. The van der Waals surface area contributed by atoms with Crippen LogP contribution in [0.3, 0.4) is 0 Å². The van der Waals surface area contributed by atoms with Crippen molar-refractivity contribution in [3.05, 3.63) is 36.4 Å². The molecule has 33 heavy (non-hydrogen) atoms. The van der Waals surface area contributed by atoms with Crippen LogP contribution in [-0.2, 0) is 11.3 Å². The van der Waals surface area contributed by atoms with Crippen molar-refractivity contribution in [1.29, 1.82) is 0 Å². The Morgan fingerprint density at radius 1 is 1.24 bits per heavy atom. The highest BCUT2D eigenvalue weighted by Crippen LogP contribution is 2.27. The smallest absolute Gasteiger partial charge is 0.241 e. The first kappa shape index (κ1) is 23.0. The van der Waals surface area contributed by atoms with Crippen LogP contribution in [0, 0.1) is 5.92 Å². The maximum atomic E-state index is 12.4. The average molecular weight is 450 g/mol. The van der Waals surface area contributed by atoms with Crippen molar-refractivity contribution in [3.8, 4) is 11.3 Å². The molecule has 8 nitrogen and oxygen atoms in total. The number of hydrogen-bond acceptors (Lipinski definition) is 5. The van der Waals surface area contributed by atoms with E-state index in [9.17, 15) is 4.79 Å². The number of rotatable bonds is 7. The van der Waals surface area contributed by atoms with Gasteiger partial charge in [-0.05, 0) is 32.1 Å². The second-order valence-corrected chi connectivity index (χ2v) is 8.89. The number of carbonyl (C=O) groups excluding carboxylic acids is 1. The molecule has 1 amide bonds. The number of amides is 1. The summed E-state index contributed by atoms with van der Waals surface area (Å²) in [5, 5.41) is 7.66. The third kappa shape index (κ3) is 5.80. The van der Waals surface area contributed by atoms with Gasteiger partial charge in [0.2, 0.25) is 5.91 Å². The summed E-state index contributed by atoms with van der Waals surface area (Å²) in [5.41, 5.74) is 5.05. The molecule has 1 saturated carbocycles. The number of aromatic nitrogens is 5. The summed E-state index contributed by atoms with van der Waals surface area (Å²) in [7, 11) is 0. The van der Waals surface area contributed by atoms with Crippen molar-refractivity contribution in [1.82, 2.24) is 34.9 Å². The molecule has 3 aromatic heterocycles. The van der Waals surface area contributed by atoms with E-state index in [1.165, 1.54) is 12.8 Å². The summed E-state index contributed by atoms with van der Waals surface area (Å²) in [5.74, 6) is 1.23. The van der Waals surface area contributed by atoms with Crippen molar-refractivity contribution in [2.75, 3.05) is 19.6 Å². The Balaban J connectivity index is 0.000000586. The molecule has 176 valence electrons. The lowest BCUT2D eigenvalue weighted by molar-refractivity contribution is -0.128. The van der Waals surface area contributed by atoms with Gasteiger partial charge in [0.25, 0.3) is 0 Å². The maximum Gasteiger partial charge on any atom is 0.241 e. The van der Waals surface area contributed by atoms with Gasteiger partial charge in [-0.15, -0.1) is 0 Å². The standard InChI is InChI=1S/C21H27N7O.C4H8/c1-3-7-17(22-13-19(29)27-8-5-6-9-27)16-11-23-21-20(16)26-18(12-24-21)15-10-25-28(4-2)14-15;1-4-2-3-4/h7,10-12,14,22H,3-6,8-9,13H2,1-2H3,(H,23,24);4H,2-3H2,1H3/b17-7+;. The van der Waals surface area contributed by atoms with Crippen molar-refractivity contribution in [2.45, 2.75) is 59.4 Å². The van der Waals surface area contributed by atoms with E-state index < -0.39 is 0 Å². The third-order valence-electron chi connectivity index (χ3n) is 6.09. The van der Waals surface area contributed by atoms with Crippen LogP contribution in [-0.4, -0.2) is 55.2 Å². The van der Waals surface area contributed by atoms with Gasteiger partial charge in [0.1, 0.15) is 5.52 Å². The molecule has 1 saturated heterocycles. The fourth-order valence-corrected chi connectivity index (χ4v) is 3.80. The zero-order chi connectivity index (χ0) is 23.2. The molecule has 2 N–H and O–H groups in total. The molecule has 0 aromatic carbocycles. The first-order valence-corrected chi connectivity index (χ1v) is 12.2. The third-order valence-corrected chi connectivity index (χ3v) is 6.09. The van der Waals surface area contributed by atoms with Crippen LogP contribution >= 0.6 is 0 Å². The number of aryl methyl sites for hydroxylation is 1. The van der Waals surface area contributed by atoms with E-state index in [4.69, 9.17) is 4.98 Å². The van der Waals surface area contributed by atoms with Gasteiger partial charge in [-0.3, -0.25) is 9.48 Å². The molecule has 0 spiro atoms. The topological polar surface area (TPSA) is 91.7 Å². The van der Waals surface area contributed by atoms with Crippen LogP contribution in [0.15, 0.2) is 30.9 Å². The summed E-state index contributed by atoms with van der Waals surface area (Å²) < 4.78 is 1.87. The van der Waals surface area contributed by atoms with Crippen molar-refractivity contribution < 1.29 is 4.79 Å². The van der Waals surface area contributed by atoms with E-state index in [1.807, 2.05) is 28.9 Å². The highest BCUT2D eigenvalue weighted by atomic mass is 16.2.